The molecule has 0 atom stereocenters. The molecule has 0 amide bonds. The number of hydrogen-bond donors (Lipinski definition) is 0. The second kappa shape index (κ2) is 14.9. The van der Waals surface area contributed by atoms with Gasteiger partial charge in [-0.2, -0.15) is 0 Å². The van der Waals surface area contributed by atoms with Crippen LogP contribution in [0.3, 0.4) is 0 Å². The molecule has 4 aromatic carbocycles. The third-order valence-electron chi connectivity index (χ3n) is 13.7. The van der Waals surface area contributed by atoms with E-state index in [1.807, 2.05) is 0 Å². The van der Waals surface area contributed by atoms with E-state index in [-0.39, 0.29) is 10.8 Å². The Morgan fingerprint density at radius 2 is 0.800 bits per heavy atom. The van der Waals surface area contributed by atoms with Gasteiger partial charge in [-0.1, -0.05) is 126 Å². The van der Waals surface area contributed by atoms with Gasteiger partial charge in [0, 0.05) is 10.8 Å². The van der Waals surface area contributed by atoms with E-state index in [1.54, 1.807) is 44.5 Å². The topological polar surface area (TPSA) is 0 Å². The van der Waals surface area contributed by atoms with Gasteiger partial charge in [-0.25, -0.2) is 0 Å². The first-order valence-corrected chi connectivity index (χ1v) is 20.8. The molecule has 7 rings (SSSR count). The van der Waals surface area contributed by atoms with Crippen molar-refractivity contribution < 1.29 is 0 Å². The van der Waals surface area contributed by atoms with Crippen LogP contribution in [0.15, 0.2) is 72.8 Å². The van der Waals surface area contributed by atoms with Crippen LogP contribution in [0.1, 0.15) is 172 Å². The van der Waals surface area contributed by atoms with Crippen LogP contribution in [-0.2, 0) is 36.5 Å². The van der Waals surface area contributed by atoms with E-state index in [1.165, 1.54) is 125 Å². The normalized spacial score (nSPS) is 23.4. The van der Waals surface area contributed by atoms with Crippen molar-refractivity contribution in [3.8, 4) is 11.1 Å². The Bertz CT molecular complexity index is 1620. The van der Waals surface area contributed by atoms with Crippen molar-refractivity contribution in [2.45, 2.75) is 167 Å². The summed E-state index contributed by atoms with van der Waals surface area (Å²) >= 11 is 0. The van der Waals surface area contributed by atoms with E-state index in [0.717, 1.165) is 0 Å². The average Bonchev–Trinajstić information content (AvgIpc) is 3.65. The summed E-state index contributed by atoms with van der Waals surface area (Å²) in [5, 5.41) is 0. The van der Waals surface area contributed by atoms with E-state index in [4.69, 9.17) is 0 Å². The maximum Gasteiger partial charge on any atom is 0.00683 e. The first kappa shape index (κ1) is 35.3. The number of fused-ring (bicyclic) bond motifs is 3. The van der Waals surface area contributed by atoms with Crippen molar-refractivity contribution >= 4 is 0 Å². The van der Waals surface area contributed by atoms with E-state index in [0.29, 0.717) is 11.8 Å². The quantitative estimate of drug-likeness (QED) is 0.126. The van der Waals surface area contributed by atoms with Gasteiger partial charge in [0.2, 0.25) is 0 Å². The predicted octanol–water partition coefficient (Wildman–Crippen LogP) is 14.0. The highest BCUT2D eigenvalue weighted by molar-refractivity contribution is 5.81. The molecule has 264 valence electrons. The zero-order valence-corrected chi connectivity index (χ0v) is 32.4. The Morgan fingerprint density at radius 1 is 0.460 bits per heavy atom. The van der Waals surface area contributed by atoms with Crippen LogP contribution in [-0.4, -0.2) is 0 Å². The van der Waals surface area contributed by atoms with Gasteiger partial charge in [0.15, 0.2) is 0 Å². The number of aryl methyl sites for hydroxylation is 6. The predicted molar refractivity (Wildman–Crippen MR) is 216 cm³/mol. The monoisotopic (exact) mass is 665 g/mol. The molecule has 0 spiro atoms. The first-order chi connectivity index (χ1) is 24.4. The van der Waals surface area contributed by atoms with Crippen molar-refractivity contribution in [3.63, 3.8) is 0 Å². The van der Waals surface area contributed by atoms with E-state index in [9.17, 15) is 0 Å². The SMILES string of the molecule is CCCCc1ccc(C2CC34CC(c5ccc(CCCC)cc5)CC3(C2)c2cc(C)c(CCCC)cc2-c2cc(CCCC)c(C)cc24)cc1. The fourth-order valence-corrected chi connectivity index (χ4v) is 10.9. The molecular formula is C50H64. The zero-order chi connectivity index (χ0) is 34.9. The van der Waals surface area contributed by atoms with Crippen LogP contribution in [0.2, 0.25) is 0 Å². The summed E-state index contributed by atoms with van der Waals surface area (Å²) < 4.78 is 0. The molecule has 0 bridgehead atoms. The molecule has 0 N–H and O–H groups in total. The minimum absolute atomic E-state index is 0.151. The molecule has 0 heteroatoms. The highest BCUT2D eigenvalue weighted by Gasteiger charge is 2.67. The summed E-state index contributed by atoms with van der Waals surface area (Å²) in [5.41, 5.74) is 19.2. The lowest BCUT2D eigenvalue weighted by atomic mass is 9.55. The Balaban J connectivity index is 1.40. The third kappa shape index (κ3) is 6.22. The van der Waals surface area contributed by atoms with Gasteiger partial charge in [-0.15, -0.1) is 0 Å². The standard InChI is InChI=1S/C50H64/c1-7-11-15-37-19-23-39(24-20-37)43-31-49-33-44(40-25-21-38(22-26-40)16-12-8-2)34-50(49,32-43)48-28-36(6)42(18-14-10-4)30-46(48)45-29-41(17-13-9-3)35(5)27-47(45)49/h19-30,43-44H,7-18,31-34H2,1-6H3. The fraction of sp³-hybridized carbons (Fsp3) is 0.520. The molecule has 4 aromatic rings. The maximum absolute atomic E-state index is 2.72. The zero-order valence-electron chi connectivity index (χ0n) is 32.4. The minimum atomic E-state index is 0.151. The third-order valence-corrected chi connectivity index (χ3v) is 13.7. The summed E-state index contributed by atoms with van der Waals surface area (Å²) in [6.45, 7) is 14.1. The van der Waals surface area contributed by atoms with Crippen LogP contribution in [0, 0.1) is 13.8 Å². The lowest BCUT2D eigenvalue weighted by Crippen LogP contribution is -2.43. The molecule has 2 fully saturated rings. The number of hydrogen-bond acceptors (Lipinski definition) is 0. The molecule has 0 nitrogen and oxygen atoms in total. The molecule has 50 heavy (non-hydrogen) atoms. The van der Waals surface area contributed by atoms with Crippen molar-refractivity contribution in [1.82, 2.24) is 0 Å². The van der Waals surface area contributed by atoms with Crippen LogP contribution >= 0.6 is 0 Å². The average molecular weight is 665 g/mol. The molecule has 0 heterocycles. The molecule has 0 unspecified atom stereocenters. The van der Waals surface area contributed by atoms with Crippen LogP contribution in [0.25, 0.3) is 11.1 Å². The Labute approximate surface area is 305 Å². The van der Waals surface area contributed by atoms with Gasteiger partial charge in [0.1, 0.15) is 0 Å². The van der Waals surface area contributed by atoms with Crippen molar-refractivity contribution in [3.05, 3.63) is 128 Å². The summed E-state index contributed by atoms with van der Waals surface area (Å²) in [7, 11) is 0. The Hall–Kier alpha value is -3.12. The summed E-state index contributed by atoms with van der Waals surface area (Å²) in [4.78, 5) is 0. The molecule has 0 saturated heterocycles. The number of rotatable bonds is 14. The lowest BCUT2D eigenvalue weighted by Gasteiger charge is -2.48. The maximum atomic E-state index is 2.72. The van der Waals surface area contributed by atoms with Gasteiger partial charge in [-0.3, -0.25) is 0 Å². The van der Waals surface area contributed by atoms with Gasteiger partial charge in [0.25, 0.3) is 0 Å². The smallest absolute Gasteiger partial charge is 0.00683 e. The van der Waals surface area contributed by atoms with Crippen LogP contribution in [0.5, 0.6) is 0 Å². The van der Waals surface area contributed by atoms with Crippen molar-refractivity contribution in [2.75, 3.05) is 0 Å². The van der Waals surface area contributed by atoms with Crippen molar-refractivity contribution in [2.24, 2.45) is 0 Å². The highest BCUT2D eigenvalue weighted by atomic mass is 14.7. The summed E-state index contributed by atoms with van der Waals surface area (Å²) in [5.74, 6) is 1.18. The first-order valence-electron chi connectivity index (χ1n) is 20.8. The molecule has 3 aliphatic rings. The Kier molecular flexibility index (Phi) is 10.5. The largest absolute Gasteiger partial charge is 0.0654 e. The van der Waals surface area contributed by atoms with Crippen LogP contribution in [0.4, 0.5) is 0 Å². The van der Waals surface area contributed by atoms with E-state index >= 15 is 0 Å². The molecule has 0 aromatic heterocycles. The van der Waals surface area contributed by atoms with E-state index < -0.39 is 0 Å². The molecular weight excluding hydrogens is 601 g/mol. The van der Waals surface area contributed by atoms with Gasteiger partial charge < -0.3 is 0 Å². The van der Waals surface area contributed by atoms with Gasteiger partial charge in [-0.05, 0) is 169 Å². The molecule has 0 radical (unpaired) electrons. The fourth-order valence-electron chi connectivity index (χ4n) is 10.9. The van der Waals surface area contributed by atoms with E-state index in [2.05, 4.69) is 114 Å². The van der Waals surface area contributed by atoms with Crippen LogP contribution < -0.4 is 0 Å². The van der Waals surface area contributed by atoms with Gasteiger partial charge >= 0.3 is 0 Å². The highest BCUT2D eigenvalue weighted by Crippen LogP contribution is 2.74. The van der Waals surface area contributed by atoms with Gasteiger partial charge in [0.05, 0.1) is 0 Å². The summed E-state index contributed by atoms with van der Waals surface area (Å²) in [6.07, 6.45) is 20.0. The lowest BCUT2D eigenvalue weighted by molar-refractivity contribution is 0.298. The van der Waals surface area contributed by atoms with Crippen molar-refractivity contribution in [1.29, 1.82) is 0 Å². The Morgan fingerprint density at radius 3 is 1.14 bits per heavy atom. The molecule has 2 saturated carbocycles. The second-order valence-electron chi connectivity index (χ2n) is 16.9. The molecule has 3 aliphatic carbocycles. The number of benzene rings is 4. The minimum Gasteiger partial charge on any atom is -0.0654 e. The summed E-state index contributed by atoms with van der Waals surface area (Å²) in [6, 6.07) is 30.7. The second-order valence-corrected chi connectivity index (χ2v) is 16.9. The number of unbranched alkanes of at least 4 members (excludes halogenated alkanes) is 4. The molecule has 0 aliphatic heterocycles.